The number of methoxy groups -OCH3 is 1. The Morgan fingerprint density at radius 2 is 1.93 bits per heavy atom. The van der Waals surface area contributed by atoms with Gasteiger partial charge in [-0.3, -0.25) is 0 Å². The van der Waals surface area contributed by atoms with Crippen LogP contribution in [-0.4, -0.2) is 22.9 Å². The number of fused-ring (bicyclic) bond motifs is 1. The Hall–Kier alpha value is -3.87. The summed E-state index contributed by atoms with van der Waals surface area (Å²) in [7, 11) is 1.46. The van der Waals surface area contributed by atoms with E-state index in [2.05, 4.69) is 5.10 Å². The number of rotatable bonds is 5. The van der Waals surface area contributed by atoms with Crippen LogP contribution in [0.1, 0.15) is 21.6 Å². The summed E-state index contributed by atoms with van der Waals surface area (Å²) in [5, 5.41) is 5.00. The average Bonchev–Trinajstić information content (AvgIpc) is 3.16. The molecule has 7 nitrogen and oxygen atoms in total. The minimum atomic E-state index is -0.648. The van der Waals surface area contributed by atoms with Crippen LogP contribution in [0.25, 0.3) is 16.7 Å². The van der Waals surface area contributed by atoms with Crippen molar-refractivity contribution in [2.75, 3.05) is 7.11 Å². The monoisotopic (exact) mass is 390 g/mol. The molecule has 4 aromatic rings. The van der Waals surface area contributed by atoms with Gasteiger partial charge in [-0.2, -0.15) is 5.10 Å². The van der Waals surface area contributed by atoms with E-state index < -0.39 is 11.6 Å². The molecule has 0 unspecified atom stereocenters. The molecule has 4 rings (SSSR count). The van der Waals surface area contributed by atoms with Crippen LogP contribution in [0, 0.1) is 6.92 Å². The van der Waals surface area contributed by atoms with Gasteiger partial charge in [-0.15, -0.1) is 0 Å². The SMILES string of the molecule is COc1cn(-c2ccccc2)nc1C(=O)OCc1cc(=O)oc2cc(C)ccc12. The van der Waals surface area contributed by atoms with Gasteiger partial charge >= 0.3 is 11.6 Å². The summed E-state index contributed by atoms with van der Waals surface area (Å²) < 4.78 is 17.5. The maximum absolute atomic E-state index is 12.6. The number of carbonyl (C=O) groups is 1. The molecule has 0 bridgehead atoms. The molecule has 0 N–H and O–H groups in total. The third-order valence-corrected chi connectivity index (χ3v) is 4.46. The largest absolute Gasteiger partial charge is 0.493 e. The van der Waals surface area contributed by atoms with Gasteiger partial charge in [0.2, 0.25) is 5.69 Å². The number of ether oxygens (including phenoxy) is 2. The Kier molecular flexibility index (Phi) is 4.87. The van der Waals surface area contributed by atoms with E-state index in [9.17, 15) is 9.59 Å². The van der Waals surface area contributed by atoms with Crippen LogP contribution in [0.4, 0.5) is 0 Å². The highest BCUT2D eigenvalue weighted by Crippen LogP contribution is 2.22. The van der Waals surface area contributed by atoms with Crippen molar-refractivity contribution in [3.63, 3.8) is 0 Å². The van der Waals surface area contributed by atoms with Crippen molar-refractivity contribution in [1.82, 2.24) is 9.78 Å². The molecule has 146 valence electrons. The summed E-state index contributed by atoms with van der Waals surface area (Å²) in [6, 6.07) is 16.2. The van der Waals surface area contributed by atoms with Crippen molar-refractivity contribution < 1.29 is 18.7 Å². The molecular formula is C22H18N2O5. The van der Waals surface area contributed by atoms with Crippen molar-refractivity contribution in [2.24, 2.45) is 0 Å². The summed E-state index contributed by atoms with van der Waals surface area (Å²) in [6.07, 6.45) is 1.61. The number of hydrogen-bond acceptors (Lipinski definition) is 6. The van der Waals surface area contributed by atoms with Crippen LogP contribution in [0.5, 0.6) is 5.75 Å². The number of nitrogens with zero attached hydrogens (tertiary/aromatic N) is 2. The molecule has 0 aliphatic carbocycles. The quantitative estimate of drug-likeness (QED) is 0.382. The Balaban J connectivity index is 1.60. The number of aryl methyl sites for hydroxylation is 1. The maximum atomic E-state index is 12.6. The summed E-state index contributed by atoms with van der Waals surface area (Å²) >= 11 is 0. The zero-order valence-electron chi connectivity index (χ0n) is 15.9. The smallest absolute Gasteiger partial charge is 0.363 e. The molecule has 0 fully saturated rings. The predicted molar refractivity (Wildman–Crippen MR) is 106 cm³/mol. The summed E-state index contributed by atoms with van der Waals surface area (Å²) in [5.41, 5.74) is 2.32. The van der Waals surface area contributed by atoms with E-state index >= 15 is 0 Å². The zero-order valence-corrected chi connectivity index (χ0v) is 15.9. The second kappa shape index (κ2) is 7.63. The molecule has 0 radical (unpaired) electrons. The number of benzene rings is 2. The predicted octanol–water partition coefficient (Wildman–Crippen LogP) is 3.65. The molecule has 7 heteroatoms. The second-order valence-corrected chi connectivity index (χ2v) is 6.49. The van der Waals surface area contributed by atoms with Gasteiger partial charge in [-0.25, -0.2) is 14.3 Å². The van der Waals surface area contributed by atoms with Gasteiger partial charge in [-0.1, -0.05) is 30.3 Å². The van der Waals surface area contributed by atoms with Crippen LogP contribution in [0.15, 0.2) is 70.0 Å². The zero-order chi connectivity index (χ0) is 20.4. The minimum Gasteiger partial charge on any atom is -0.493 e. The highest BCUT2D eigenvalue weighted by Gasteiger charge is 2.20. The van der Waals surface area contributed by atoms with Crippen LogP contribution >= 0.6 is 0 Å². The van der Waals surface area contributed by atoms with E-state index in [0.29, 0.717) is 22.3 Å². The first kappa shape index (κ1) is 18.5. The number of para-hydroxylation sites is 1. The van der Waals surface area contributed by atoms with E-state index in [4.69, 9.17) is 13.9 Å². The maximum Gasteiger partial charge on any atom is 0.363 e. The highest BCUT2D eigenvalue weighted by molar-refractivity contribution is 5.90. The van der Waals surface area contributed by atoms with E-state index in [-0.39, 0.29) is 12.3 Å². The summed E-state index contributed by atoms with van der Waals surface area (Å²) in [5.74, 6) is -0.350. The molecule has 0 atom stereocenters. The van der Waals surface area contributed by atoms with E-state index in [0.717, 1.165) is 11.3 Å². The number of aromatic nitrogens is 2. The second-order valence-electron chi connectivity index (χ2n) is 6.49. The van der Waals surface area contributed by atoms with E-state index in [1.165, 1.54) is 13.2 Å². The Morgan fingerprint density at radius 3 is 2.69 bits per heavy atom. The molecule has 2 aromatic heterocycles. The third kappa shape index (κ3) is 3.75. The van der Waals surface area contributed by atoms with Gasteiger partial charge in [0.1, 0.15) is 12.2 Å². The van der Waals surface area contributed by atoms with Crippen LogP contribution in [-0.2, 0) is 11.3 Å². The Bertz CT molecular complexity index is 1240. The van der Waals surface area contributed by atoms with Crippen molar-refractivity contribution in [3.8, 4) is 11.4 Å². The fraction of sp³-hybridized carbons (Fsp3) is 0.136. The number of carbonyl (C=O) groups excluding carboxylic acids is 1. The topological polar surface area (TPSA) is 83.6 Å². The molecule has 0 amide bonds. The van der Waals surface area contributed by atoms with Crippen molar-refractivity contribution in [2.45, 2.75) is 13.5 Å². The standard InChI is InChI=1S/C22H18N2O5/c1-14-8-9-17-15(11-20(25)29-18(17)10-14)13-28-22(26)21-19(27-2)12-24(23-21)16-6-4-3-5-7-16/h3-12H,13H2,1-2H3. The van der Waals surface area contributed by atoms with E-state index in [1.54, 1.807) is 16.9 Å². The lowest BCUT2D eigenvalue weighted by Crippen LogP contribution is -2.10. The number of hydrogen-bond donors (Lipinski definition) is 0. The molecule has 0 saturated carbocycles. The molecule has 0 aliphatic rings. The first-order chi connectivity index (χ1) is 14.0. The van der Waals surface area contributed by atoms with Gasteiger partial charge in [0.15, 0.2) is 5.75 Å². The van der Waals surface area contributed by atoms with Gasteiger partial charge in [-0.05, 0) is 30.7 Å². The number of esters is 1. The van der Waals surface area contributed by atoms with Crippen LogP contribution < -0.4 is 10.4 Å². The van der Waals surface area contributed by atoms with Gasteiger partial charge in [0.25, 0.3) is 0 Å². The molecule has 0 aliphatic heterocycles. The Morgan fingerprint density at radius 1 is 1.14 bits per heavy atom. The molecule has 0 saturated heterocycles. The first-order valence-corrected chi connectivity index (χ1v) is 8.95. The normalized spacial score (nSPS) is 10.8. The molecular weight excluding hydrogens is 372 g/mol. The summed E-state index contributed by atoms with van der Waals surface area (Å²) in [6.45, 7) is 1.81. The van der Waals surface area contributed by atoms with Crippen LogP contribution in [0.3, 0.4) is 0 Å². The fourth-order valence-electron chi connectivity index (χ4n) is 3.03. The molecule has 0 spiro atoms. The van der Waals surface area contributed by atoms with Crippen molar-refractivity contribution >= 4 is 16.9 Å². The van der Waals surface area contributed by atoms with Gasteiger partial charge < -0.3 is 13.9 Å². The average molecular weight is 390 g/mol. The van der Waals surface area contributed by atoms with Crippen molar-refractivity contribution in [3.05, 3.63) is 88.0 Å². The lowest BCUT2D eigenvalue weighted by molar-refractivity contribution is 0.0462. The lowest BCUT2D eigenvalue weighted by Gasteiger charge is -2.07. The third-order valence-electron chi connectivity index (χ3n) is 4.46. The van der Waals surface area contributed by atoms with Crippen molar-refractivity contribution in [1.29, 1.82) is 0 Å². The van der Waals surface area contributed by atoms with Gasteiger partial charge in [0.05, 0.1) is 19.0 Å². The molecule has 2 heterocycles. The molecule has 29 heavy (non-hydrogen) atoms. The van der Waals surface area contributed by atoms with Crippen LogP contribution in [0.2, 0.25) is 0 Å². The molecule has 2 aromatic carbocycles. The first-order valence-electron chi connectivity index (χ1n) is 8.95. The fourth-order valence-corrected chi connectivity index (χ4v) is 3.03. The highest BCUT2D eigenvalue weighted by atomic mass is 16.5. The van der Waals surface area contributed by atoms with E-state index in [1.807, 2.05) is 49.4 Å². The van der Waals surface area contributed by atoms with Gasteiger partial charge in [0, 0.05) is 17.0 Å². The Labute approximate surface area is 166 Å². The summed E-state index contributed by atoms with van der Waals surface area (Å²) in [4.78, 5) is 24.5. The minimum absolute atomic E-state index is 0.0551. The lowest BCUT2D eigenvalue weighted by atomic mass is 10.1.